The molecule has 0 fully saturated rings. The number of rotatable bonds is 6. The van der Waals surface area contributed by atoms with E-state index < -0.39 is 34.3 Å². The molecule has 2 aromatic heterocycles. The molecule has 7 nitrogen and oxygen atoms in total. The molecule has 37 heavy (non-hydrogen) atoms. The van der Waals surface area contributed by atoms with Gasteiger partial charge >= 0.3 is 0 Å². The largest absolute Gasteiger partial charge is 0.378 e. The van der Waals surface area contributed by atoms with Crippen LogP contribution in [0.4, 0.5) is 14.6 Å². The van der Waals surface area contributed by atoms with Gasteiger partial charge in [0.1, 0.15) is 33.9 Å². The average Bonchev–Trinajstić information content (AvgIpc) is 3.11. The average molecular weight is 524 g/mol. The standard InChI is InChI=1S/C27H27F2N5O2S/c1-27(2,35)11-10-19-8-9-20(24(31-19)23(30)14-16-12-17(28)15-18(29)13-16)21-6-5-7-22-25(21)34(3)32-26(22)33-37(4)36/h5-9,12-13,15,23,35H,14,30H2,1-4H3,(H,32,33). The highest BCUT2D eigenvalue weighted by Gasteiger charge is 2.21. The van der Waals surface area contributed by atoms with Gasteiger partial charge in [-0.1, -0.05) is 18.1 Å². The predicted molar refractivity (Wildman–Crippen MR) is 142 cm³/mol. The van der Waals surface area contributed by atoms with E-state index in [1.165, 1.54) is 18.4 Å². The zero-order valence-corrected chi connectivity index (χ0v) is 21.7. The molecule has 0 spiro atoms. The Hall–Kier alpha value is -3.65. The Balaban J connectivity index is 1.88. The maximum absolute atomic E-state index is 13.8. The van der Waals surface area contributed by atoms with E-state index in [1.807, 2.05) is 24.3 Å². The Labute approximate surface area is 216 Å². The fourth-order valence-electron chi connectivity index (χ4n) is 4.12. The fraction of sp³-hybridized carbons (Fsp3) is 0.259. The molecular weight excluding hydrogens is 496 g/mol. The summed E-state index contributed by atoms with van der Waals surface area (Å²) in [7, 11) is 0.462. The molecule has 2 heterocycles. The number of aromatic nitrogens is 3. The van der Waals surface area contributed by atoms with Gasteiger partial charge in [0.05, 0.1) is 17.3 Å². The summed E-state index contributed by atoms with van der Waals surface area (Å²) in [5, 5.41) is 15.3. The zero-order valence-electron chi connectivity index (χ0n) is 20.8. The third-order valence-corrected chi connectivity index (χ3v) is 6.03. The number of nitrogens with two attached hydrogens (primary N) is 1. The van der Waals surface area contributed by atoms with Gasteiger partial charge in [0.2, 0.25) is 0 Å². The van der Waals surface area contributed by atoms with Crippen LogP contribution in [0.5, 0.6) is 0 Å². The third-order valence-electron chi connectivity index (χ3n) is 5.55. The molecule has 0 amide bonds. The van der Waals surface area contributed by atoms with E-state index in [1.54, 1.807) is 31.6 Å². The van der Waals surface area contributed by atoms with Crippen LogP contribution in [-0.4, -0.2) is 35.9 Å². The Kier molecular flexibility index (Phi) is 7.41. The van der Waals surface area contributed by atoms with Gasteiger partial charge in [0, 0.05) is 35.9 Å². The van der Waals surface area contributed by atoms with Crippen LogP contribution in [-0.2, 0) is 24.5 Å². The van der Waals surface area contributed by atoms with Gasteiger partial charge in [-0.3, -0.25) is 9.40 Å². The Morgan fingerprint density at radius 3 is 2.51 bits per heavy atom. The topological polar surface area (TPSA) is 106 Å². The summed E-state index contributed by atoms with van der Waals surface area (Å²) >= 11 is 0. The van der Waals surface area contributed by atoms with Crippen LogP contribution in [0.25, 0.3) is 22.0 Å². The first-order valence-corrected chi connectivity index (χ1v) is 13.0. The van der Waals surface area contributed by atoms with Crippen molar-refractivity contribution in [3.05, 3.63) is 77.1 Å². The first-order chi connectivity index (χ1) is 17.4. The first-order valence-electron chi connectivity index (χ1n) is 11.4. The van der Waals surface area contributed by atoms with Crippen molar-refractivity contribution in [2.45, 2.75) is 31.9 Å². The number of hydrogen-bond acceptors (Lipinski definition) is 5. The lowest BCUT2D eigenvalue weighted by Gasteiger charge is -2.17. The first kappa shape index (κ1) is 26.4. The van der Waals surface area contributed by atoms with E-state index in [0.29, 0.717) is 28.3 Å². The zero-order chi connectivity index (χ0) is 26.9. The number of hydrogen-bond donors (Lipinski definition) is 3. The number of fused-ring (bicyclic) bond motifs is 1. The quantitative estimate of drug-likeness (QED) is 0.332. The van der Waals surface area contributed by atoms with Gasteiger partial charge in [0.15, 0.2) is 5.82 Å². The lowest BCUT2D eigenvalue weighted by molar-refractivity contribution is 0.143. The SMILES string of the molecule is Cn1nc(NS(C)=O)c2cccc(-c3ccc(C#CC(C)(C)O)nc3C(N)Cc3cc(F)cc(F)c3)c21. The minimum atomic E-state index is -1.32. The van der Waals surface area contributed by atoms with Crippen LogP contribution >= 0.6 is 0 Å². The lowest BCUT2D eigenvalue weighted by Crippen LogP contribution is -2.17. The minimum Gasteiger partial charge on any atom is -0.378 e. The summed E-state index contributed by atoms with van der Waals surface area (Å²) < 4.78 is 44.0. The molecule has 4 aromatic rings. The maximum Gasteiger partial charge on any atom is 0.167 e. The summed E-state index contributed by atoms with van der Waals surface area (Å²) in [6.45, 7) is 3.13. The molecule has 0 saturated heterocycles. The van der Waals surface area contributed by atoms with Crippen LogP contribution in [0.3, 0.4) is 0 Å². The number of para-hydroxylation sites is 1. The second-order valence-electron chi connectivity index (χ2n) is 9.26. The number of pyridine rings is 1. The highest BCUT2D eigenvalue weighted by atomic mass is 32.2. The Morgan fingerprint density at radius 1 is 1.16 bits per heavy atom. The molecule has 4 rings (SSSR count). The van der Waals surface area contributed by atoms with E-state index in [9.17, 15) is 18.1 Å². The highest BCUT2D eigenvalue weighted by molar-refractivity contribution is 7.85. The van der Waals surface area contributed by atoms with Crippen molar-refractivity contribution in [3.8, 4) is 23.0 Å². The number of benzene rings is 2. The number of nitrogens with zero attached hydrogens (tertiary/aromatic N) is 3. The van der Waals surface area contributed by atoms with Gasteiger partial charge in [0.25, 0.3) is 0 Å². The molecule has 192 valence electrons. The van der Waals surface area contributed by atoms with Gasteiger partial charge in [-0.15, -0.1) is 0 Å². The number of halogens is 2. The molecule has 4 N–H and O–H groups in total. The number of aliphatic hydroxyl groups is 1. The second kappa shape index (κ2) is 10.4. The molecule has 0 saturated carbocycles. The maximum atomic E-state index is 13.8. The van der Waals surface area contributed by atoms with Crippen LogP contribution < -0.4 is 10.5 Å². The van der Waals surface area contributed by atoms with E-state index >= 15 is 0 Å². The Bertz CT molecular complexity index is 1550. The third kappa shape index (κ3) is 6.20. The van der Waals surface area contributed by atoms with Crippen molar-refractivity contribution >= 4 is 27.7 Å². The van der Waals surface area contributed by atoms with Crippen molar-refractivity contribution in [2.75, 3.05) is 11.0 Å². The van der Waals surface area contributed by atoms with Gasteiger partial charge < -0.3 is 10.8 Å². The van der Waals surface area contributed by atoms with Crippen LogP contribution in [0, 0.1) is 23.5 Å². The van der Waals surface area contributed by atoms with Crippen LogP contribution in [0.15, 0.2) is 48.5 Å². The van der Waals surface area contributed by atoms with Crippen molar-refractivity contribution in [2.24, 2.45) is 12.8 Å². The van der Waals surface area contributed by atoms with Crippen molar-refractivity contribution in [1.29, 1.82) is 0 Å². The summed E-state index contributed by atoms with van der Waals surface area (Å²) in [5.74, 6) is 4.71. The molecule has 0 aliphatic rings. The molecule has 0 aliphatic carbocycles. The molecule has 0 radical (unpaired) electrons. The molecule has 10 heteroatoms. The Morgan fingerprint density at radius 2 is 1.86 bits per heavy atom. The minimum absolute atomic E-state index is 0.125. The lowest BCUT2D eigenvalue weighted by atomic mass is 9.94. The van der Waals surface area contributed by atoms with Gasteiger partial charge in [-0.25, -0.2) is 18.0 Å². The summed E-state index contributed by atoms with van der Waals surface area (Å²) in [6.07, 6.45) is 1.65. The number of anilines is 1. The monoisotopic (exact) mass is 523 g/mol. The summed E-state index contributed by atoms with van der Waals surface area (Å²) in [5.41, 5.74) is 8.84. The van der Waals surface area contributed by atoms with Crippen LogP contribution in [0.1, 0.15) is 36.8 Å². The fourth-order valence-corrected chi connectivity index (χ4v) is 4.54. The van der Waals surface area contributed by atoms with Crippen molar-refractivity contribution in [1.82, 2.24) is 14.8 Å². The van der Waals surface area contributed by atoms with E-state index in [4.69, 9.17) is 10.7 Å². The van der Waals surface area contributed by atoms with E-state index in [-0.39, 0.29) is 6.42 Å². The van der Waals surface area contributed by atoms with Crippen LogP contribution in [0.2, 0.25) is 0 Å². The van der Waals surface area contributed by atoms with E-state index in [2.05, 4.69) is 21.7 Å². The summed E-state index contributed by atoms with van der Waals surface area (Å²) in [6, 6.07) is 11.7. The van der Waals surface area contributed by atoms with E-state index in [0.717, 1.165) is 22.5 Å². The molecular formula is C27H27F2N5O2S. The number of nitrogens with one attached hydrogen (secondary N) is 1. The highest BCUT2D eigenvalue weighted by Crippen LogP contribution is 2.35. The molecule has 2 unspecified atom stereocenters. The second-order valence-corrected chi connectivity index (χ2v) is 10.4. The van der Waals surface area contributed by atoms with Crippen molar-refractivity contribution < 1.29 is 18.1 Å². The smallest absolute Gasteiger partial charge is 0.167 e. The molecule has 2 aromatic carbocycles. The summed E-state index contributed by atoms with van der Waals surface area (Å²) in [4.78, 5) is 4.69. The van der Waals surface area contributed by atoms with Gasteiger partial charge in [-0.2, -0.15) is 5.10 Å². The molecule has 0 aliphatic heterocycles. The molecule has 2 atom stereocenters. The number of aryl methyl sites for hydroxylation is 1. The molecule has 0 bridgehead atoms. The normalized spacial score (nSPS) is 13.2. The van der Waals surface area contributed by atoms with Gasteiger partial charge in [-0.05, 0) is 62.1 Å². The predicted octanol–water partition coefficient (Wildman–Crippen LogP) is 3.98. The van der Waals surface area contributed by atoms with Crippen molar-refractivity contribution in [3.63, 3.8) is 0 Å².